The highest BCUT2D eigenvalue weighted by Gasteiger charge is 2.21. The molecular formula is C14H24ClN3. The molecule has 0 aromatic heterocycles. The first-order valence-corrected chi connectivity index (χ1v) is 7.13. The van der Waals surface area contributed by atoms with Crippen molar-refractivity contribution >= 4 is 23.1 Å². The van der Waals surface area contributed by atoms with Gasteiger partial charge >= 0.3 is 0 Å². The Morgan fingerprint density at radius 2 is 2.17 bits per heavy atom. The maximum Gasteiger partial charge on any atom is 0.102 e. The normalized spacial score (nSPS) is 24.8. The smallest absolute Gasteiger partial charge is 0.102 e. The number of nitrogens with zero attached hydrogens (tertiary/aromatic N) is 2. The van der Waals surface area contributed by atoms with Crippen molar-refractivity contribution in [3.8, 4) is 0 Å². The molecular weight excluding hydrogens is 246 g/mol. The number of amidine groups is 1. The molecule has 0 radical (unpaired) electrons. The summed E-state index contributed by atoms with van der Waals surface area (Å²) in [6.45, 7) is 8.65. The first kappa shape index (κ1) is 15.2. The molecule has 2 atom stereocenters. The van der Waals surface area contributed by atoms with Crippen molar-refractivity contribution in [1.29, 1.82) is 0 Å². The molecule has 18 heavy (non-hydrogen) atoms. The minimum Gasteiger partial charge on any atom is -0.387 e. The third-order valence-corrected chi connectivity index (χ3v) is 3.78. The monoisotopic (exact) mass is 269 g/mol. The van der Waals surface area contributed by atoms with E-state index < -0.39 is 0 Å². The predicted octanol–water partition coefficient (Wildman–Crippen LogP) is 3.73. The van der Waals surface area contributed by atoms with Crippen molar-refractivity contribution in [3.63, 3.8) is 0 Å². The highest BCUT2D eigenvalue weighted by Crippen LogP contribution is 2.22. The molecule has 0 aromatic rings. The Bertz CT molecular complexity index is 369. The molecule has 1 heterocycles. The van der Waals surface area contributed by atoms with Gasteiger partial charge in [0.25, 0.3) is 0 Å². The third kappa shape index (κ3) is 3.84. The molecule has 0 spiro atoms. The summed E-state index contributed by atoms with van der Waals surface area (Å²) in [6.07, 6.45) is 4.42. The average molecular weight is 270 g/mol. The Balaban J connectivity index is 2.97. The van der Waals surface area contributed by atoms with Crippen LogP contribution in [0.3, 0.4) is 0 Å². The quantitative estimate of drug-likeness (QED) is 0.831. The maximum atomic E-state index is 6.25. The van der Waals surface area contributed by atoms with Crippen LogP contribution in [-0.2, 0) is 0 Å². The molecule has 0 aromatic carbocycles. The summed E-state index contributed by atoms with van der Waals surface area (Å²) < 4.78 is 0. The van der Waals surface area contributed by atoms with Crippen LogP contribution in [0.1, 0.15) is 47.0 Å². The van der Waals surface area contributed by atoms with Crippen molar-refractivity contribution in [2.45, 2.75) is 53.0 Å². The second-order valence-corrected chi connectivity index (χ2v) is 5.54. The summed E-state index contributed by atoms with van der Waals surface area (Å²) in [5, 5.41) is 0.632. The number of aliphatic imine (C=N–C) groups is 2. The van der Waals surface area contributed by atoms with Gasteiger partial charge in [0.05, 0.1) is 16.8 Å². The van der Waals surface area contributed by atoms with Crippen molar-refractivity contribution in [1.82, 2.24) is 0 Å². The van der Waals surface area contributed by atoms with Crippen LogP contribution in [0.25, 0.3) is 0 Å². The summed E-state index contributed by atoms with van der Waals surface area (Å²) in [5.74, 6) is 1.44. The van der Waals surface area contributed by atoms with E-state index in [0.717, 1.165) is 25.0 Å². The zero-order valence-electron chi connectivity index (χ0n) is 11.8. The largest absolute Gasteiger partial charge is 0.387 e. The summed E-state index contributed by atoms with van der Waals surface area (Å²) >= 11 is 6.25. The molecule has 1 rings (SSSR count). The van der Waals surface area contributed by atoms with E-state index >= 15 is 0 Å². The molecule has 1 aliphatic rings. The van der Waals surface area contributed by atoms with E-state index in [4.69, 9.17) is 22.3 Å². The number of hydrogen-bond acceptors (Lipinski definition) is 3. The molecule has 0 amide bonds. The van der Waals surface area contributed by atoms with Gasteiger partial charge in [0.15, 0.2) is 0 Å². The maximum absolute atomic E-state index is 6.25. The number of nitrogens with two attached hydrogens (primary N) is 1. The third-order valence-electron chi connectivity index (χ3n) is 3.46. The Labute approximate surface area is 115 Å². The minimum absolute atomic E-state index is 0.251. The molecule has 0 bridgehead atoms. The zero-order chi connectivity index (χ0) is 13.7. The van der Waals surface area contributed by atoms with Crippen LogP contribution in [0.4, 0.5) is 0 Å². The minimum atomic E-state index is 0.251. The van der Waals surface area contributed by atoms with Crippen LogP contribution >= 0.6 is 11.6 Å². The van der Waals surface area contributed by atoms with Gasteiger partial charge in [-0.05, 0) is 18.8 Å². The van der Waals surface area contributed by atoms with Crippen LogP contribution in [0.2, 0.25) is 0 Å². The lowest BCUT2D eigenvalue weighted by Gasteiger charge is -2.18. The summed E-state index contributed by atoms with van der Waals surface area (Å²) in [6, 6.07) is 0.319. The van der Waals surface area contributed by atoms with Crippen LogP contribution in [0.15, 0.2) is 21.2 Å². The van der Waals surface area contributed by atoms with E-state index in [-0.39, 0.29) is 5.92 Å². The predicted molar refractivity (Wildman–Crippen MR) is 80.3 cm³/mol. The van der Waals surface area contributed by atoms with Crippen LogP contribution in [0.5, 0.6) is 0 Å². The lowest BCUT2D eigenvalue weighted by atomic mass is 9.97. The molecule has 3 nitrogen and oxygen atoms in total. The van der Waals surface area contributed by atoms with E-state index in [0.29, 0.717) is 22.8 Å². The Morgan fingerprint density at radius 1 is 1.50 bits per heavy atom. The Hall–Kier alpha value is -0.830. The fourth-order valence-electron chi connectivity index (χ4n) is 2.13. The molecule has 0 saturated heterocycles. The van der Waals surface area contributed by atoms with Gasteiger partial charge in [-0.25, -0.2) is 4.99 Å². The number of hydrogen-bond donors (Lipinski definition) is 1. The fourth-order valence-corrected chi connectivity index (χ4v) is 2.30. The summed E-state index contributed by atoms with van der Waals surface area (Å²) in [7, 11) is 0. The van der Waals surface area contributed by atoms with Crippen molar-refractivity contribution in [2.75, 3.05) is 0 Å². The Kier molecular flexibility index (Phi) is 5.86. The highest BCUT2D eigenvalue weighted by atomic mass is 35.5. The van der Waals surface area contributed by atoms with E-state index in [1.54, 1.807) is 6.20 Å². The van der Waals surface area contributed by atoms with Gasteiger partial charge in [-0.1, -0.05) is 39.3 Å². The SMILES string of the molecule is CCC1CC(=NC(CC)C(C)C)C(Cl)=CN=C1N. The standard InChI is InChI=1S/C14H24ClN3/c1-5-10-7-13(11(15)8-17-14(10)16)18-12(6-2)9(3)4/h8-10,12H,5-7H2,1-4H3,(H2,16,17). The highest BCUT2D eigenvalue weighted by molar-refractivity contribution is 6.43. The van der Waals surface area contributed by atoms with Crippen molar-refractivity contribution < 1.29 is 0 Å². The van der Waals surface area contributed by atoms with E-state index in [2.05, 4.69) is 32.7 Å². The van der Waals surface area contributed by atoms with Gasteiger partial charge in [0.2, 0.25) is 0 Å². The average Bonchev–Trinajstić information content (AvgIpc) is 2.47. The first-order chi connectivity index (χ1) is 8.49. The first-order valence-electron chi connectivity index (χ1n) is 6.75. The van der Waals surface area contributed by atoms with Crippen LogP contribution in [-0.4, -0.2) is 17.6 Å². The van der Waals surface area contributed by atoms with E-state index in [1.807, 2.05) is 0 Å². The second kappa shape index (κ2) is 6.93. The summed E-state index contributed by atoms with van der Waals surface area (Å²) in [4.78, 5) is 9.02. The topological polar surface area (TPSA) is 50.7 Å². The van der Waals surface area contributed by atoms with Crippen molar-refractivity contribution in [2.24, 2.45) is 27.6 Å². The van der Waals surface area contributed by atoms with E-state index in [1.165, 1.54) is 0 Å². The molecule has 1 aliphatic heterocycles. The van der Waals surface area contributed by atoms with E-state index in [9.17, 15) is 0 Å². The molecule has 0 fully saturated rings. The molecule has 0 aliphatic carbocycles. The van der Waals surface area contributed by atoms with Gasteiger partial charge in [0, 0.05) is 18.5 Å². The molecule has 4 heteroatoms. The van der Waals surface area contributed by atoms with Gasteiger partial charge in [-0.2, -0.15) is 0 Å². The van der Waals surface area contributed by atoms with Crippen LogP contribution < -0.4 is 5.73 Å². The van der Waals surface area contributed by atoms with Crippen LogP contribution in [0, 0.1) is 11.8 Å². The molecule has 2 N–H and O–H groups in total. The lowest BCUT2D eigenvalue weighted by Crippen LogP contribution is -2.25. The van der Waals surface area contributed by atoms with Crippen molar-refractivity contribution in [3.05, 3.63) is 11.2 Å². The van der Waals surface area contributed by atoms with Gasteiger partial charge in [-0.3, -0.25) is 4.99 Å². The number of halogens is 1. The van der Waals surface area contributed by atoms with Gasteiger partial charge < -0.3 is 5.73 Å². The van der Waals surface area contributed by atoms with Gasteiger partial charge in [0.1, 0.15) is 5.84 Å². The number of allylic oxidation sites excluding steroid dienone is 1. The number of rotatable bonds is 4. The Morgan fingerprint density at radius 3 is 2.67 bits per heavy atom. The zero-order valence-corrected chi connectivity index (χ0v) is 12.5. The van der Waals surface area contributed by atoms with Gasteiger partial charge in [-0.15, -0.1) is 0 Å². The second-order valence-electron chi connectivity index (χ2n) is 5.14. The lowest BCUT2D eigenvalue weighted by molar-refractivity contribution is 0.482. The fraction of sp³-hybridized carbons (Fsp3) is 0.714. The molecule has 102 valence electrons. The molecule has 2 unspecified atom stereocenters. The molecule has 0 saturated carbocycles. The summed E-state index contributed by atoms with van der Waals surface area (Å²) in [5.41, 5.74) is 6.88.